The van der Waals surface area contributed by atoms with Crippen molar-refractivity contribution in [2.45, 2.75) is 108 Å². The summed E-state index contributed by atoms with van der Waals surface area (Å²) in [4.78, 5) is 0.254. The third-order valence-electron chi connectivity index (χ3n) is 4.78. The minimum absolute atomic E-state index is 0.195. The van der Waals surface area contributed by atoms with Crippen molar-refractivity contribution >= 4 is 10.1 Å². The van der Waals surface area contributed by atoms with Crippen LogP contribution in [0, 0.1) is 0 Å². The topological polar surface area (TPSA) is 43.4 Å². The fourth-order valence-electron chi connectivity index (χ4n) is 3.24. The Morgan fingerprint density at radius 3 is 1.81 bits per heavy atom. The van der Waals surface area contributed by atoms with Crippen LogP contribution in [0.5, 0.6) is 0 Å². The van der Waals surface area contributed by atoms with Crippen molar-refractivity contribution in [2.75, 3.05) is 0 Å². The van der Waals surface area contributed by atoms with E-state index in [9.17, 15) is 8.42 Å². The van der Waals surface area contributed by atoms with Gasteiger partial charge in [0.1, 0.15) is 0 Å². The Bertz CT molecular complexity index is 540. The number of hydrogen-bond acceptors (Lipinski definition) is 3. The zero-order chi connectivity index (χ0) is 19.1. The van der Waals surface area contributed by atoms with Crippen LogP contribution in [0.15, 0.2) is 35.2 Å². The first-order valence-electron chi connectivity index (χ1n) is 10.6. The van der Waals surface area contributed by atoms with Gasteiger partial charge in [-0.15, -0.1) is 0 Å². The third-order valence-corrected chi connectivity index (χ3v) is 6.16. The van der Waals surface area contributed by atoms with Crippen molar-refractivity contribution < 1.29 is 12.6 Å². The second kappa shape index (κ2) is 14.2. The van der Waals surface area contributed by atoms with Crippen LogP contribution in [0.3, 0.4) is 0 Å². The smallest absolute Gasteiger partial charge is 0.263 e. The first-order valence-corrected chi connectivity index (χ1v) is 12.0. The van der Waals surface area contributed by atoms with Crippen LogP contribution in [-0.4, -0.2) is 14.5 Å². The molecule has 0 spiro atoms. The van der Waals surface area contributed by atoms with Crippen LogP contribution < -0.4 is 0 Å². The SMILES string of the molecule is CCCCCCCCCCCCC(CCC)OS(=O)(=O)c1ccccc1. The second-order valence-electron chi connectivity index (χ2n) is 7.24. The van der Waals surface area contributed by atoms with Crippen molar-refractivity contribution in [3.63, 3.8) is 0 Å². The van der Waals surface area contributed by atoms with Crippen molar-refractivity contribution in [1.82, 2.24) is 0 Å². The molecule has 0 aromatic heterocycles. The maximum Gasteiger partial charge on any atom is 0.297 e. The quantitative estimate of drug-likeness (QED) is 0.231. The molecule has 0 N–H and O–H groups in total. The van der Waals surface area contributed by atoms with Crippen LogP contribution in [0.25, 0.3) is 0 Å². The lowest BCUT2D eigenvalue weighted by Gasteiger charge is -2.17. The zero-order valence-corrected chi connectivity index (χ0v) is 17.6. The van der Waals surface area contributed by atoms with E-state index in [2.05, 4.69) is 13.8 Å². The summed E-state index contributed by atoms with van der Waals surface area (Å²) < 4.78 is 30.3. The monoisotopic (exact) mass is 382 g/mol. The van der Waals surface area contributed by atoms with E-state index in [0.29, 0.717) is 0 Å². The van der Waals surface area contributed by atoms with Gasteiger partial charge in [-0.1, -0.05) is 103 Å². The highest BCUT2D eigenvalue weighted by molar-refractivity contribution is 7.86. The Hall–Kier alpha value is -0.870. The molecule has 0 aliphatic rings. The van der Waals surface area contributed by atoms with E-state index in [0.717, 1.165) is 25.7 Å². The van der Waals surface area contributed by atoms with Gasteiger partial charge in [-0.3, -0.25) is 4.18 Å². The van der Waals surface area contributed by atoms with Gasteiger partial charge in [0.2, 0.25) is 0 Å². The highest BCUT2D eigenvalue weighted by atomic mass is 32.2. The minimum Gasteiger partial charge on any atom is -0.263 e. The highest BCUT2D eigenvalue weighted by Gasteiger charge is 2.20. The molecular weight excluding hydrogens is 344 g/mol. The van der Waals surface area contributed by atoms with Gasteiger partial charge < -0.3 is 0 Å². The average molecular weight is 383 g/mol. The number of benzene rings is 1. The van der Waals surface area contributed by atoms with E-state index in [4.69, 9.17) is 4.18 Å². The van der Waals surface area contributed by atoms with Gasteiger partial charge in [0.05, 0.1) is 11.0 Å². The average Bonchev–Trinajstić information content (AvgIpc) is 2.64. The molecule has 4 heteroatoms. The van der Waals surface area contributed by atoms with Crippen molar-refractivity contribution in [1.29, 1.82) is 0 Å². The summed E-state index contributed by atoms with van der Waals surface area (Å²) in [5.41, 5.74) is 0. The molecule has 26 heavy (non-hydrogen) atoms. The third kappa shape index (κ3) is 10.3. The van der Waals surface area contributed by atoms with Gasteiger partial charge in [-0.2, -0.15) is 8.42 Å². The molecule has 3 nitrogen and oxygen atoms in total. The predicted molar refractivity (Wildman–Crippen MR) is 110 cm³/mol. The lowest BCUT2D eigenvalue weighted by molar-refractivity contribution is 0.183. The van der Waals surface area contributed by atoms with Crippen LogP contribution in [0.4, 0.5) is 0 Å². The fourth-order valence-corrected chi connectivity index (χ4v) is 4.40. The van der Waals surface area contributed by atoms with Crippen molar-refractivity contribution in [2.24, 2.45) is 0 Å². The molecule has 1 aromatic carbocycles. The van der Waals surface area contributed by atoms with Gasteiger partial charge in [-0.25, -0.2) is 0 Å². The molecule has 1 aromatic rings. The minimum atomic E-state index is -3.64. The molecule has 150 valence electrons. The maximum atomic E-state index is 12.4. The van der Waals surface area contributed by atoms with Gasteiger partial charge in [0, 0.05) is 0 Å². The Morgan fingerprint density at radius 1 is 0.731 bits per heavy atom. The standard InChI is InChI=1S/C22H38O3S/c1-3-5-6-7-8-9-10-11-12-14-18-21(17-4-2)25-26(23,24)22-19-15-13-16-20-22/h13,15-16,19-21H,3-12,14,17-18H2,1-2H3. The van der Waals surface area contributed by atoms with Crippen molar-refractivity contribution in [3.8, 4) is 0 Å². The summed E-state index contributed by atoms with van der Waals surface area (Å²) in [6.45, 7) is 4.32. The lowest BCUT2D eigenvalue weighted by Crippen LogP contribution is -2.18. The van der Waals surface area contributed by atoms with Crippen LogP contribution in [0.2, 0.25) is 0 Å². The summed E-state index contributed by atoms with van der Waals surface area (Å²) in [6.07, 6.45) is 15.2. The molecule has 0 radical (unpaired) electrons. The van der Waals surface area contributed by atoms with Crippen molar-refractivity contribution in [3.05, 3.63) is 30.3 Å². The molecule has 0 fully saturated rings. The van der Waals surface area contributed by atoms with Gasteiger partial charge >= 0.3 is 0 Å². The first kappa shape index (κ1) is 23.2. The molecule has 0 aliphatic heterocycles. The normalized spacial score (nSPS) is 13.0. The molecule has 1 unspecified atom stereocenters. The van der Waals surface area contributed by atoms with Crippen LogP contribution >= 0.6 is 0 Å². The molecule has 0 aliphatic carbocycles. The summed E-state index contributed by atoms with van der Waals surface area (Å²) in [6, 6.07) is 8.46. The Morgan fingerprint density at radius 2 is 1.27 bits per heavy atom. The molecule has 0 saturated heterocycles. The molecule has 1 rings (SSSR count). The summed E-state index contributed by atoms with van der Waals surface area (Å²) in [5.74, 6) is 0. The molecule has 0 saturated carbocycles. The Labute approximate surface area is 161 Å². The maximum absolute atomic E-state index is 12.4. The fraction of sp³-hybridized carbons (Fsp3) is 0.727. The van der Waals surface area contributed by atoms with E-state index >= 15 is 0 Å². The molecule has 1 atom stereocenters. The van der Waals surface area contributed by atoms with E-state index in [1.54, 1.807) is 24.3 Å². The zero-order valence-electron chi connectivity index (χ0n) is 16.8. The van der Waals surface area contributed by atoms with Gasteiger partial charge in [-0.05, 0) is 25.0 Å². The number of hydrogen-bond donors (Lipinski definition) is 0. The molecule has 0 bridgehead atoms. The summed E-state index contributed by atoms with van der Waals surface area (Å²) in [7, 11) is -3.64. The second-order valence-corrected chi connectivity index (χ2v) is 8.82. The van der Waals surface area contributed by atoms with E-state index in [1.807, 2.05) is 6.07 Å². The highest BCUT2D eigenvalue weighted by Crippen LogP contribution is 2.20. The van der Waals surface area contributed by atoms with E-state index < -0.39 is 10.1 Å². The van der Waals surface area contributed by atoms with E-state index in [-0.39, 0.29) is 11.0 Å². The molecule has 0 amide bonds. The summed E-state index contributed by atoms with van der Waals surface area (Å²) >= 11 is 0. The molecular formula is C22H38O3S. The van der Waals surface area contributed by atoms with Gasteiger partial charge in [0.25, 0.3) is 10.1 Å². The number of unbranched alkanes of at least 4 members (excludes halogenated alkanes) is 9. The van der Waals surface area contributed by atoms with Crippen LogP contribution in [0.1, 0.15) is 97.3 Å². The van der Waals surface area contributed by atoms with Crippen LogP contribution in [-0.2, 0) is 14.3 Å². The Kier molecular flexibility index (Phi) is 12.7. The van der Waals surface area contributed by atoms with Gasteiger partial charge in [0.15, 0.2) is 0 Å². The lowest BCUT2D eigenvalue weighted by atomic mass is 10.0. The van der Waals surface area contributed by atoms with E-state index in [1.165, 1.54) is 57.8 Å². The molecule has 0 heterocycles. The largest absolute Gasteiger partial charge is 0.297 e. The first-order chi connectivity index (χ1) is 12.6. The summed E-state index contributed by atoms with van der Waals surface area (Å²) in [5, 5.41) is 0. The Balaban J connectivity index is 2.23. The predicted octanol–water partition coefficient (Wildman–Crippen LogP) is 6.87. The number of rotatable bonds is 16.